The Balaban J connectivity index is 2.28. The van der Waals surface area contributed by atoms with Gasteiger partial charge in [0.05, 0.1) is 19.8 Å². The molecule has 0 radical (unpaired) electrons. The number of esters is 1. The Labute approximate surface area is 287 Å². The summed E-state index contributed by atoms with van der Waals surface area (Å²) in [6.45, 7) is 4.56. The Morgan fingerprint density at radius 1 is 0.596 bits per heavy atom. The summed E-state index contributed by atoms with van der Waals surface area (Å²) in [5.74, 6) is -0.314. The Morgan fingerprint density at radius 2 is 1.04 bits per heavy atom. The summed E-state index contributed by atoms with van der Waals surface area (Å²) in [4.78, 5) is 12.6. The minimum Gasteiger partial charge on any atom is -0.457 e. The minimum absolute atomic E-state index is 0.106. The lowest BCUT2D eigenvalue weighted by atomic mass is 9.99. The molecule has 0 aromatic carbocycles. The van der Waals surface area contributed by atoms with Crippen LogP contribution in [0.3, 0.4) is 0 Å². The van der Waals surface area contributed by atoms with Crippen LogP contribution in [-0.4, -0.2) is 89.6 Å². The van der Waals surface area contributed by atoms with Crippen molar-refractivity contribution in [1.29, 1.82) is 0 Å². The Kier molecular flexibility index (Phi) is 29.3. The average molecular weight is 675 g/mol. The van der Waals surface area contributed by atoms with Crippen LogP contribution in [0.25, 0.3) is 0 Å². The van der Waals surface area contributed by atoms with Crippen LogP contribution < -0.4 is 0 Å². The second kappa shape index (κ2) is 31.2. The molecule has 0 saturated carbocycles. The number of carbonyl (C=O) groups excluding carboxylic acids is 1. The van der Waals surface area contributed by atoms with Crippen molar-refractivity contribution in [3.05, 3.63) is 0 Å². The molecule has 6 atom stereocenters. The van der Waals surface area contributed by atoms with Crippen molar-refractivity contribution >= 4 is 5.97 Å². The van der Waals surface area contributed by atoms with E-state index in [0.717, 1.165) is 32.1 Å². The van der Waals surface area contributed by atoms with Crippen molar-refractivity contribution in [3.8, 4) is 0 Å². The molecule has 0 aliphatic carbocycles. The SMILES string of the molecule is CCCCCCCCCCCCCCCCCOCC(COC1OC(CO)C(O)C(O)C1O)OC(=O)CCCCCCCCCCC. The van der Waals surface area contributed by atoms with Gasteiger partial charge in [-0.1, -0.05) is 155 Å². The van der Waals surface area contributed by atoms with Gasteiger partial charge in [0.1, 0.15) is 30.5 Å². The number of hydrogen-bond donors (Lipinski definition) is 4. The fourth-order valence-electron chi connectivity index (χ4n) is 6.14. The lowest BCUT2D eigenvalue weighted by molar-refractivity contribution is -0.305. The first kappa shape index (κ1) is 44.2. The smallest absolute Gasteiger partial charge is 0.306 e. The fraction of sp³-hybridized carbons (Fsp3) is 0.974. The number of rotatable bonds is 33. The summed E-state index contributed by atoms with van der Waals surface area (Å²) >= 11 is 0. The van der Waals surface area contributed by atoms with Gasteiger partial charge in [-0.05, 0) is 12.8 Å². The van der Waals surface area contributed by atoms with Gasteiger partial charge >= 0.3 is 5.97 Å². The molecule has 1 saturated heterocycles. The monoisotopic (exact) mass is 675 g/mol. The summed E-state index contributed by atoms with van der Waals surface area (Å²) < 4.78 is 22.7. The Bertz CT molecular complexity index is 692. The van der Waals surface area contributed by atoms with E-state index >= 15 is 0 Å². The normalized spacial score (nSPS) is 22.0. The number of aliphatic hydroxyl groups is 4. The molecule has 1 aliphatic heterocycles. The van der Waals surface area contributed by atoms with E-state index in [4.69, 9.17) is 18.9 Å². The van der Waals surface area contributed by atoms with E-state index in [-0.39, 0.29) is 19.2 Å². The molecular weight excluding hydrogens is 600 g/mol. The summed E-state index contributed by atoms with van der Waals surface area (Å²) in [5, 5.41) is 39.9. The molecule has 47 heavy (non-hydrogen) atoms. The van der Waals surface area contributed by atoms with Gasteiger partial charge in [0.15, 0.2) is 6.29 Å². The maximum Gasteiger partial charge on any atom is 0.306 e. The number of hydrogen-bond acceptors (Lipinski definition) is 9. The number of aliphatic hydroxyl groups excluding tert-OH is 4. The summed E-state index contributed by atoms with van der Waals surface area (Å²) in [5.41, 5.74) is 0. The number of carbonyl (C=O) groups is 1. The first-order chi connectivity index (χ1) is 22.9. The van der Waals surface area contributed by atoms with Gasteiger partial charge in [-0.25, -0.2) is 0 Å². The molecular formula is C38H74O9. The van der Waals surface area contributed by atoms with Crippen molar-refractivity contribution in [2.24, 2.45) is 0 Å². The van der Waals surface area contributed by atoms with Crippen molar-refractivity contribution < 1.29 is 44.2 Å². The second-order valence-corrected chi connectivity index (χ2v) is 13.7. The number of unbranched alkanes of at least 4 members (excludes halogenated alkanes) is 22. The first-order valence-electron chi connectivity index (χ1n) is 19.6. The summed E-state index contributed by atoms with van der Waals surface area (Å²) in [6, 6.07) is 0. The molecule has 1 rings (SSSR count). The van der Waals surface area contributed by atoms with Crippen LogP contribution in [0.2, 0.25) is 0 Å². The summed E-state index contributed by atoms with van der Waals surface area (Å²) in [7, 11) is 0. The number of ether oxygens (including phenoxy) is 4. The van der Waals surface area contributed by atoms with Gasteiger partial charge < -0.3 is 39.4 Å². The zero-order valence-corrected chi connectivity index (χ0v) is 30.3. The van der Waals surface area contributed by atoms with Crippen LogP contribution in [0.4, 0.5) is 0 Å². The highest BCUT2D eigenvalue weighted by molar-refractivity contribution is 5.69. The Morgan fingerprint density at radius 3 is 1.51 bits per heavy atom. The largest absolute Gasteiger partial charge is 0.457 e. The van der Waals surface area contributed by atoms with Crippen molar-refractivity contribution in [2.75, 3.05) is 26.4 Å². The zero-order chi connectivity index (χ0) is 34.4. The van der Waals surface area contributed by atoms with Crippen molar-refractivity contribution in [2.45, 2.75) is 211 Å². The molecule has 1 fully saturated rings. The summed E-state index contributed by atoms with van der Waals surface area (Å²) in [6.07, 6.45) is 22.7. The third-order valence-corrected chi connectivity index (χ3v) is 9.27. The van der Waals surface area contributed by atoms with Crippen molar-refractivity contribution in [3.63, 3.8) is 0 Å². The van der Waals surface area contributed by atoms with Gasteiger partial charge in [0.2, 0.25) is 0 Å². The van der Waals surface area contributed by atoms with Gasteiger partial charge in [0.25, 0.3) is 0 Å². The second-order valence-electron chi connectivity index (χ2n) is 13.7. The average Bonchev–Trinajstić information content (AvgIpc) is 3.07. The first-order valence-corrected chi connectivity index (χ1v) is 19.6. The zero-order valence-electron chi connectivity index (χ0n) is 30.3. The van der Waals surface area contributed by atoms with Crippen LogP contribution in [0, 0.1) is 0 Å². The highest BCUT2D eigenvalue weighted by Gasteiger charge is 2.44. The highest BCUT2D eigenvalue weighted by Crippen LogP contribution is 2.22. The third-order valence-electron chi connectivity index (χ3n) is 9.27. The molecule has 0 amide bonds. The lowest BCUT2D eigenvalue weighted by Crippen LogP contribution is -2.59. The van der Waals surface area contributed by atoms with Crippen LogP contribution in [0.1, 0.15) is 174 Å². The predicted octanol–water partition coefficient (Wildman–Crippen LogP) is 7.52. The molecule has 280 valence electrons. The quantitative estimate of drug-likeness (QED) is 0.0412. The van der Waals surface area contributed by atoms with Gasteiger partial charge in [0, 0.05) is 13.0 Å². The van der Waals surface area contributed by atoms with Gasteiger partial charge in [-0.3, -0.25) is 4.79 Å². The molecule has 0 aromatic rings. The van der Waals surface area contributed by atoms with E-state index in [2.05, 4.69) is 13.8 Å². The third kappa shape index (κ3) is 23.3. The van der Waals surface area contributed by atoms with Crippen LogP contribution in [-0.2, 0) is 23.7 Å². The molecule has 9 heteroatoms. The van der Waals surface area contributed by atoms with Crippen LogP contribution in [0.15, 0.2) is 0 Å². The molecule has 0 aromatic heterocycles. The van der Waals surface area contributed by atoms with Gasteiger partial charge in [-0.2, -0.15) is 0 Å². The van der Waals surface area contributed by atoms with Crippen molar-refractivity contribution in [1.82, 2.24) is 0 Å². The molecule has 4 N–H and O–H groups in total. The topological polar surface area (TPSA) is 135 Å². The molecule has 0 bridgehead atoms. The predicted molar refractivity (Wildman–Crippen MR) is 187 cm³/mol. The highest BCUT2D eigenvalue weighted by atomic mass is 16.7. The van der Waals surface area contributed by atoms with Crippen LogP contribution >= 0.6 is 0 Å². The minimum atomic E-state index is -1.53. The van der Waals surface area contributed by atoms with E-state index in [0.29, 0.717) is 13.0 Å². The fourth-order valence-corrected chi connectivity index (χ4v) is 6.14. The molecule has 1 heterocycles. The maximum absolute atomic E-state index is 12.6. The standard InChI is InChI=1S/C38H74O9/c1-3-5-7-9-11-13-14-15-16-17-18-20-22-24-26-28-44-30-32(31-45-38-37(43)36(42)35(41)33(29-39)47-38)46-34(40)27-25-23-21-19-12-10-8-6-4-2/h32-33,35-39,41-43H,3-31H2,1-2H3. The van der Waals surface area contributed by atoms with E-state index in [1.807, 2.05) is 0 Å². The van der Waals surface area contributed by atoms with Gasteiger partial charge in [-0.15, -0.1) is 0 Å². The molecule has 9 nitrogen and oxygen atoms in total. The molecule has 1 aliphatic rings. The van der Waals surface area contributed by atoms with E-state index in [1.54, 1.807) is 0 Å². The van der Waals surface area contributed by atoms with E-state index in [9.17, 15) is 25.2 Å². The van der Waals surface area contributed by atoms with Crippen LogP contribution in [0.5, 0.6) is 0 Å². The lowest BCUT2D eigenvalue weighted by Gasteiger charge is -2.39. The van der Waals surface area contributed by atoms with E-state index in [1.165, 1.54) is 122 Å². The van der Waals surface area contributed by atoms with E-state index < -0.39 is 43.4 Å². The molecule has 6 unspecified atom stereocenters. The molecule has 0 spiro atoms. The maximum atomic E-state index is 12.6. The Hall–Kier alpha value is -0.810.